The van der Waals surface area contributed by atoms with Gasteiger partial charge in [0.1, 0.15) is 0 Å². The highest BCUT2D eigenvalue weighted by atomic mass is 32.2. The monoisotopic (exact) mass is 318 g/mol. The van der Waals surface area contributed by atoms with Gasteiger partial charge in [-0.15, -0.1) is 0 Å². The van der Waals surface area contributed by atoms with Crippen LogP contribution in [0.15, 0.2) is 23.1 Å². The summed E-state index contributed by atoms with van der Waals surface area (Å²) in [6.07, 6.45) is -3.45. The molecule has 0 aliphatic carbocycles. The molecule has 0 radical (unpaired) electrons. The van der Waals surface area contributed by atoms with E-state index in [0.717, 1.165) is 6.26 Å². The van der Waals surface area contributed by atoms with Gasteiger partial charge in [0.2, 0.25) is 0 Å². The lowest BCUT2D eigenvalue weighted by Crippen LogP contribution is -2.47. The fourth-order valence-corrected chi connectivity index (χ4v) is 2.92. The van der Waals surface area contributed by atoms with Gasteiger partial charge in [-0.1, -0.05) is 0 Å². The van der Waals surface area contributed by atoms with Crippen molar-refractivity contribution in [2.75, 3.05) is 24.2 Å². The molecule has 114 valence electrons. The van der Waals surface area contributed by atoms with Crippen molar-refractivity contribution in [3.8, 4) is 6.07 Å². The van der Waals surface area contributed by atoms with Gasteiger partial charge in [-0.05, 0) is 18.2 Å². The predicted octanol–water partition coefficient (Wildman–Crippen LogP) is 2.46. The summed E-state index contributed by atoms with van der Waals surface area (Å²) in [5.74, 6) is 0.0608. The third-order valence-corrected chi connectivity index (χ3v) is 4.49. The molecule has 1 aliphatic heterocycles. The van der Waals surface area contributed by atoms with E-state index in [4.69, 9.17) is 5.26 Å². The number of alkyl halides is 3. The second-order valence-corrected chi connectivity index (χ2v) is 7.10. The van der Waals surface area contributed by atoms with Crippen LogP contribution < -0.4 is 4.90 Å². The van der Waals surface area contributed by atoms with E-state index in [1.54, 1.807) is 0 Å². The van der Waals surface area contributed by atoms with E-state index in [-0.39, 0.29) is 16.5 Å². The van der Waals surface area contributed by atoms with Gasteiger partial charge in [0.25, 0.3) is 0 Å². The number of sulfone groups is 1. The molecule has 0 aromatic heterocycles. The first-order chi connectivity index (χ1) is 9.63. The van der Waals surface area contributed by atoms with Crippen molar-refractivity contribution in [2.45, 2.75) is 17.5 Å². The third kappa shape index (κ3) is 3.29. The van der Waals surface area contributed by atoms with E-state index in [0.29, 0.717) is 25.6 Å². The quantitative estimate of drug-likeness (QED) is 0.859. The first-order valence-corrected chi connectivity index (χ1v) is 8.05. The highest BCUT2D eigenvalue weighted by molar-refractivity contribution is 7.90. The van der Waals surface area contributed by atoms with Gasteiger partial charge in [0.15, 0.2) is 9.84 Å². The van der Waals surface area contributed by atoms with Crippen LogP contribution in [0.3, 0.4) is 0 Å². The van der Waals surface area contributed by atoms with E-state index < -0.39 is 21.6 Å². The molecule has 0 bridgehead atoms. The van der Waals surface area contributed by atoms with Gasteiger partial charge in [-0.2, -0.15) is 18.4 Å². The molecule has 1 aromatic rings. The van der Waals surface area contributed by atoms with E-state index >= 15 is 0 Å². The van der Waals surface area contributed by atoms with Gasteiger partial charge in [0.05, 0.1) is 16.5 Å². The molecular formula is C13H13F3N2O2S. The first kappa shape index (κ1) is 15.6. The van der Waals surface area contributed by atoms with Crippen molar-refractivity contribution in [3.63, 3.8) is 0 Å². The third-order valence-electron chi connectivity index (χ3n) is 3.38. The standard InChI is InChI=1S/C13H13F3N2O2S/c1-21(19,20)10-2-3-12(11(6-10)13(14,15)16)18-7-9(8-18)4-5-17/h2-3,6,9H,4,7-8H2,1H3. The molecule has 1 saturated heterocycles. The summed E-state index contributed by atoms with van der Waals surface area (Å²) in [4.78, 5) is 1.16. The molecule has 0 amide bonds. The first-order valence-electron chi connectivity index (χ1n) is 6.16. The van der Waals surface area contributed by atoms with Crippen LogP contribution in [0.25, 0.3) is 0 Å². The average Bonchev–Trinajstić information content (AvgIpc) is 2.30. The lowest BCUT2D eigenvalue weighted by Gasteiger charge is -2.41. The number of nitrogens with zero attached hydrogens (tertiary/aromatic N) is 2. The van der Waals surface area contributed by atoms with Crippen LogP contribution in [0.2, 0.25) is 0 Å². The van der Waals surface area contributed by atoms with E-state index in [2.05, 4.69) is 0 Å². The zero-order valence-electron chi connectivity index (χ0n) is 11.2. The van der Waals surface area contributed by atoms with Crippen molar-refractivity contribution in [3.05, 3.63) is 23.8 Å². The summed E-state index contributed by atoms with van der Waals surface area (Å²) in [5.41, 5.74) is -0.995. The number of hydrogen-bond acceptors (Lipinski definition) is 4. The summed E-state index contributed by atoms with van der Waals surface area (Å²) in [6.45, 7) is 0.740. The number of benzene rings is 1. The predicted molar refractivity (Wildman–Crippen MR) is 70.5 cm³/mol. The molecule has 4 nitrogen and oxygen atoms in total. The number of anilines is 1. The van der Waals surface area contributed by atoms with E-state index in [1.165, 1.54) is 17.0 Å². The average molecular weight is 318 g/mol. The molecule has 21 heavy (non-hydrogen) atoms. The van der Waals surface area contributed by atoms with Crippen LogP contribution >= 0.6 is 0 Å². The Balaban J connectivity index is 2.37. The SMILES string of the molecule is CS(=O)(=O)c1ccc(N2CC(CC#N)C2)c(C(F)(F)F)c1. The van der Waals surface area contributed by atoms with E-state index in [9.17, 15) is 21.6 Å². The summed E-state index contributed by atoms with van der Waals surface area (Å²) < 4.78 is 62.1. The molecule has 2 rings (SSSR count). The Labute approximate surface area is 120 Å². The Bertz CT molecular complexity index is 686. The maximum atomic E-state index is 13.1. The molecule has 1 aromatic carbocycles. The van der Waals surface area contributed by atoms with Crippen molar-refractivity contribution in [2.24, 2.45) is 5.92 Å². The maximum Gasteiger partial charge on any atom is 0.418 e. The largest absolute Gasteiger partial charge is 0.418 e. The van der Waals surface area contributed by atoms with Crippen LogP contribution in [-0.4, -0.2) is 27.8 Å². The van der Waals surface area contributed by atoms with Crippen molar-refractivity contribution in [1.82, 2.24) is 0 Å². The topological polar surface area (TPSA) is 61.2 Å². The highest BCUT2D eigenvalue weighted by Gasteiger charge is 2.38. The summed E-state index contributed by atoms with van der Waals surface area (Å²) in [7, 11) is -3.70. The number of halogens is 3. The maximum absolute atomic E-state index is 13.1. The molecule has 0 N–H and O–H groups in total. The van der Waals surface area contributed by atoms with Crippen LogP contribution in [0, 0.1) is 17.2 Å². The van der Waals surface area contributed by atoms with Crippen molar-refractivity contribution in [1.29, 1.82) is 5.26 Å². The minimum absolute atomic E-state index is 0.0379. The van der Waals surface area contributed by atoms with Crippen LogP contribution in [0.1, 0.15) is 12.0 Å². The number of rotatable bonds is 3. The summed E-state index contributed by atoms with van der Waals surface area (Å²) in [5, 5.41) is 8.55. The summed E-state index contributed by atoms with van der Waals surface area (Å²) in [6, 6.07) is 5.02. The molecule has 0 spiro atoms. The van der Waals surface area contributed by atoms with Crippen molar-refractivity contribution >= 4 is 15.5 Å². The van der Waals surface area contributed by atoms with Crippen LogP contribution in [0.5, 0.6) is 0 Å². The Morgan fingerprint density at radius 1 is 1.38 bits per heavy atom. The van der Waals surface area contributed by atoms with Gasteiger partial charge in [-0.3, -0.25) is 0 Å². The minimum atomic E-state index is -4.63. The summed E-state index contributed by atoms with van der Waals surface area (Å²) >= 11 is 0. The molecule has 0 unspecified atom stereocenters. The molecule has 1 heterocycles. The molecule has 8 heteroatoms. The van der Waals surface area contributed by atoms with Gasteiger partial charge < -0.3 is 4.90 Å². The molecule has 1 fully saturated rings. The lowest BCUT2D eigenvalue weighted by molar-refractivity contribution is -0.137. The molecular weight excluding hydrogens is 305 g/mol. The zero-order chi connectivity index (χ0) is 15.8. The van der Waals surface area contributed by atoms with Crippen LogP contribution in [-0.2, 0) is 16.0 Å². The zero-order valence-corrected chi connectivity index (χ0v) is 12.0. The Hall–Kier alpha value is -1.75. The Morgan fingerprint density at radius 2 is 2.00 bits per heavy atom. The molecule has 0 saturated carbocycles. The number of nitriles is 1. The Kier molecular flexibility index (Phi) is 3.89. The van der Waals surface area contributed by atoms with Gasteiger partial charge in [-0.25, -0.2) is 8.42 Å². The number of hydrogen-bond donors (Lipinski definition) is 0. The van der Waals surface area contributed by atoms with Gasteiger partial charge >= 0.3 is 6.18 Å². The molecule has 1 aliphatic rings. The smallest absolute Gasteiger partial charge is 0.370 e. The fourth-order valence-electron chi connectivity index (χ4n) is 2.27. The van der Waals surface area contributed by atoms with Crippen molar-refractivity contribution < 1.29 is 21.6 Å². The Morgan fingerprint density at radius 3 is 2.48 bits per heavy atom. The van der Waals surface area contributed by atoms with E-state index in [1.807, 2.05) is 6.07 Å². The fraction of sp³-hybridized carbons (Fsp3) is 0.462. The van der Waals surface area contributed by atoms with Crippen LogP contribution in [0.4, 0.5) is 18.9 Å². The minimum Gasteiger partial charge on any atom is -0.370 e. The second kappa shape index (κ2) is 5.22. The normalized spacial score (nSPS) is 16.4. The second-order valence-electron chi connectivity index (χ2n) is 5.08. The van der Waals surface area contributed by atoms with Gasteiger partial charge in [0, 0.05) is 37.4 Å². The lowest BCUT2D eigenvalue weighted by atomic mass is 9.95. The molecule has 0 atom stereocenters. The highest BCUT2D eigenvalue weighted by Crippen LogP contribution is 2.40.